The first-order chi connectivity index (χ1) is 13.5. The van der Waals surface area contributed by atoms with Gasteiger partial charge in [0.05, 0.1) is 11.5 Å². The van der Waals surface area contributed by atoms with Crippen molar-refractivity contribution in [3.05, 3.63) is 39.9 Å². The number of benzene rings is 1. The first kappa shape index (κ1) is 21.6. The average Bonchev–Trinajstić information content (AvgIpc) is 2.70. The number of nitrogens with one attached hydrogen (secondary N) is 1. The van der Waals surface area contributed by atoms with Crippen LogP contribution in [-0.2, 0) is 16.1 Å². The molecule has 1 fully saturated rings. The number of aliphatic imine (C=N–C) groups is 1. The zero-order valence-electron chi connectivity index (χ0n) is 16.6. The molecule has 0 spiro atoms. The molecule has 1 saturated heterocycles. The molecule has 1 aliphatic rings. The Kier molecular flexibility index (Phi) is 8.67. The fourth-order valence-electron chi connectivity index (χ4n) is 2.91. The molecule has 0 radical (unpaired) electrons. The number of piperazine rings is 1. The number of non-ortho nitro benzene ring substituents is 1. The first-order valence-electron chi connectivity index (χ1n) is 9.61. The molecule has 1 N–H and O–H groups in total. The SMILES string of the molecule is CCOCCCNC(=NCc1ccc([N+](=O)[O-])cc1)N1CCN(C(C)=O)CC1. The monoisotopic (exact) mass is 391 g/mol. The summed E-state index contributed by atoms with van der Waals surface area (Å²) in [7, 11) is 0. The molecule has 1 aromatic carbocycles. The molecule has 2 rings (SSSR count). The van der Waals surface area contributed by atoms with Crippen LogP contribution in [0.3, 0.4) is 0 Å². The van der Waals surface area contributed by atoms with Gasteiger partial charge in [-0.05, 0) is 18.9 Å². The third-order valence-corrected chi connectivity index (χ3v) is 4.54. The van der Waals surface area contributed by atoms with E-state index >= 15 is 0 Å². The lowest BCUT2D eigenvalue weighted by molar-refractivity contribution is -0.384. The van der Waals surface area contributed by atoms with Crippen LogP contribution in [0.1, 0.15) is 25.8 Å². The maximum Gasteiger partial charge on any atom is 0.269 e. The number of hydrogen-bond acceptors (Lipinski definition) is 5. The normalized spacial score (nSPS) is 14.9. The van der Waals surface area contributed by atoms with E-state index in [-0.39, 0.29) is 11.6 Å². The van der Waals surface area contributed by atoms with Gasteiger partial charge in [-0.3, -0.25) is 14.9 Å². The zero-order chi connectivity index (χ0) is 20.4. The summed E-state index contributed by atoms with van der Waals surface area (Å²) in [4.78, 5) is 30.6. The Hall–Kier alpha value is -2.68. The summed E-state index contributed by atoms with van der Waals surface area (Å²) in [6.45, 7) is 8.91. The van der Waals surface area contributed by atoms with Gasteiger partial charge in [-0.25, -0.2) is 4.99 Å². The zero-order valence-corrected chi connectivity index (χ0v) is 16.6. The van der Waals surface area contributed by atoms with E-state index in [9.17, 15) is 14.9 Å². The Morgan fingerprint density at radius 2 is 1.86 bits per heavy atom. The molecule has 0 atom stereocenters. The van der Waals surface area contributed by atoms with Gasteiger partial charge in [-0.2, -0.15) is 0 Å². The second-order valence-corrected chi connectivity index (χ2v) is 6.53. The molecule has 1 amide bonds. The maximum atomic E-state index is 11.5. The molecular weight excluding hydrogens is 362 g/mol. The molecule has 28 heavy (non-hydrogen) atoms. The van der Waals surface area contributed by atoms with E-state index < -0.39 is 4.92 Å². The molecule has 0 aromatic heterocycles. The quantitative estimate of drug-likeness (QED) is 0.238. The number of carbonyl (C=O) groups is 1. The summed E-state index contributed by atoms with van der Waals surface area (Å²) in [5.74, 6) is 0.881. The number of rotatable bonds is 8. The van der Waals surface area contributed by atoms with Gasteiger partial charge >= 0.3 is 0 Å². The molecule has 0 aliphatic carbocycles. The van der Waals surface area contributed by atoms with E-state index in [1.54, 1.807) is 19.1 Å². The lowest BCUT2D eigenvalue weighted by atomic mass is 10.2. The first-order valence-corrected chi connectivity index (χ1v) is 9.61. The van der Waals surface area contributed by atoms with Gasteiger partial charge in [0, 0.05) is 65.0 Å². The standard InChI is InChI=1S/C19H29N5O4/c1-3-28-14-4-9-20-19(23-12-10-22(11-13-23)16(2)25)21-15-17-5-7-18(8-6-17)24(26)27/h5-8H,3-4,9-15H2,1-2H3,(H,20,21). The van der Waals surface area contributed by atoms with E-state index in [0.717, 1.165) is 37.6 Å². The van der Waals surface area contributed by atoms with Gasteiger partial charge < -0.3 is 19.9 Å². The molecule has 154 valence electrons. The van der Waals surface area contributed by atoms with Crippen LogP contribution in [0.25, 0.3) is 0 Å². The van der Waals surface area contributed by atoms with Crippen molar-refractivity contribution in [2.24, 2.45) is 4.99 Å². The summed E-state index contributed by atoms with van der Waals surface area (Å²) in [5.41, 5.74) is 0.976. The van der Waals surface area contributed by atoms with Crippen LogP contribution < -0.4 is 5.32 Å². The average molecular weight is 391 g/mol. The van der Waals surface area contributed by atoms with Crippen molar-refractivity contribution >= 4 is 17.6 Å². The summed E-state index contributed by atoms with van der Waals surface area (Å²) in [6.07, 6.45) is 0.873. The number of guanidine groups is 1. The number of nitro groups is 1. The minimum Gasteiger partial charge on any atom is -0.382 e. The summed E-state index contributed by atoms with van der Waals surface area (Å²) in [5, 5.41) is 14.2. The third-order valence-electron chi connectivity index (χ3n) is 4.54. The topological polar surface area (TPSA) is 100 Å². The highest BCUT2D eigenvalue weighted by molar-refractivity contribution is 5.80. The fraction of sp³-hybridized carbons (Fsp3) is 0.579. The molecule has 1 heterocycles. The largest absolute Gasteiger partial charge is 0.382 e. The molecule has 1 aromatic rings. The van der Waals surface area contributed by atoms with Crippen molar-refractivity contribution in [2.45, 2.75) is 26.8 Å². The summed E-state index contributed by atoms with van der Waals surface area (Å²) >= 11 is 0. The third kappa shape index (κ3) is 6.80. The minimum absolute atomic E-state index is 0.0716. The van der Waals surface area contributed by atoms with Gasteiger partial charge in [0.1, 0.15) is 0 Å². The summed E-state index contributed by atoms with van der Waals surface area (Å²) in [6, 6.07) is 6.43. The summed E-state index contributed by atoms with van der Waals surface area (Å²) < 4.78 is 5.37. The van der Waals surface area contributed by atoms with Gasteiger partial charge in [0.15, 0.2) is 5.96 Å². The van der Waals surface area contributed by atoms with E-state index in [4.69, 9.17) is 9.73 Å². The van der Waals surface area contributed by atoms with Crippen LogP contribution in [0.2, 0.25) is 0 Å². The van der Waals surface area contributed by atoms with Crippen molar-refractivity contribution < 1.29 is 14.5 Å². The lowest BCUT2D eigenvalue weighted by Gasteiger charge is -2.36. The van der Waals surface area contributed by atoms with Crippen LogP contribution in [0.5, 0.6) is 0 Å². The highest BCUT2D eigenvalue weighted by Gasteiger charge is 2.21. The molecule has 0 saturated carbocycles. The van der Waals surface area contributed by atoms with Crippen molar-refractivity contribution in [1.29, 1.82) is 0 Å². The lowest BCUT2D eigenvalue weighted by Crippen LogP contribution is -2.53. The van der Waals surface area contributed by atoms with Crippen LogP contribution in [0.4, 0.5) is 5.69 Å². The van der Waals surface area contributed by atoms with Crippen molar-refractivity contribution in [3.63, 3.8) is 0 Å². The number of hydrogen-bond donors (Lipinski definition) is 1. The Balaban J connectivity index is 1.99. The highest BCUT2D eigenvalue weighted by atomic mass is 16.6. The number of amides is 1. The highest BCUT2D eigenvalue weighted by Crippen LogP contribution is 2.13. The minimum atomic E-state index is -0.410. The van der Waals surface area contributed by atoms with E-state index in [1.807, 2.05) is 11.8 Å². The van der Waals surface area contributed by atoms with Gasteiger partial charge in [-0.1, -0.05) is 12.1 Å². The number of nitro benzene ring substituents is 1. The molecular formula is C19H29N5O4. The predicted molar refractivity (Wildman–Crippen MR) is 107 cm³/mol. The van der Waals surface area contributed by atoms with E-state index in [0.29, 0.717) is 32.8 Å². The van der Waals surface area contributed by atoms with Crippen LogP contribution in [-0.4, -0.2) is 72.5 Å². The van der Waals surface area contributed by atoms with E-state index in [1.165, 1.54) is 12.1 Å². The molecule has 0 bridgehead atoms. The number of nitrogens with zero attached hydrogens (tertiary/aromatic N) is 4. The van der Waals surface area contributed by atoms with Gasteiger partial charge in [0.25, 0.3) is 5.69 Å². The molecule has 0 unspecified atom stereocenters. The Labute approximate surface area is 165 Å². The Morgan fingerprint density at radius 1 is 1.21 bits per heavy atom. The fourth-order valence-corrected chi connectivity index (χ4v) is 2.91. The van der Waals surface area contributed by atoms with Crippen molar-refractivity contribution in [2.75, 3.05) is 45.9 Å². The number of ether oxygens (including phenoxy) is 1. The smallest absolute Gasteiger partial charge is 0.269 e. The van der Waals surface area contributed by atoms with E-state index in [2.05, 4.69) is 10.2 Å². The van der Waals surface area contributed by atoms with Gasteiger partial charge in [-0.15, -0.1) is 0 Å². The molecule has 9 heteroatoms. The number of carbonyl (C=O) groups excluding carboxylic acids is 1. The van der Waals surface area contributed by atoms with Crippen LogP contribution in [0.15, 0.2) is 29.3 Å². The molecule has 9 nitrogen and oxygen atoms in total. The second-order valence-electron chi connectivity index (χ2n) is 6.53. The molecule has 1 aliphatic heterocycles. The van der Waals surface area contributed by atoms with Crippen LogP contribution >= 0.6 is 0 Å². The second kappa shape index (κ2) is 11.2. The maximum absolute atomic E-state index is 11.5. The van der Waals surface area contributed by atoms with Crippen molar-refractivity contribution in [1.82, 2.24) is 15.1 Å². The van der Waals surface area contributed by atoms with Crippen LogP contribution in [0, 0.1) is 10.1 Å². The Morgan fingerprint density at radius 3 is 2.43 bits per heavy atom. The Bertz CT molecular complexity index is 669. The predicted octanol–water partition coefficient (Wildman–Crippen LogP) is 1.63. The van der Waals surface area contributed by atoms with Gasteiger partial charge in [0.2, 0.25) is 5.91 Å². The van der Waals surface area contributed by atoms with Crippen molar-refractivity contribution in [3.8, 4) is 0 Å².